The minimum atomic E-state index is -1.17. The standard InChI is InChI=1S/C21H14ClNO3/c1-11-10-14(23)17-18(19(11)22)21(26-20(17)24)12-6-2-4-8-15(12)25-16-9-5-3-7-13(16)21/h2-10H,23H2,1H3. The van der Waals surface area contributed by atoms with E-state index < -0.39 is 11.6 Å². The molecule has 0 radical (unpaired) electrons. The molecule has 2 aliphatic rings. The predicted octanol–water partition coefficient (Wildman–Crippen LogP) is 4.80. The van der Waals surface area contributed by atoms with E-state index in [9.17, 15) is 4.79 Å². The Hall–Kier alpha value is -2.98. The topological polar surface area (TPSA) is 61.5 Å². The third-order valence-corrected chi connectivity index (χ3v) is 5.52. The number of nitrogens with two attached hydrogens (primary N) is 1. The summed E-state index contributed by atoms with van der Waals surface area (Å²) in [4.78, 5) is 12.8. The monoisotopic (exact) mass is 363 g/mol. The summed E-state index contributed by atoms with van der Waals surface area (Å²) < 4.78 is 12.1. The highest BCUT2D eigenvalue weighted by molar-refractivity contribution is 6.33. The summed E-state index contributed by atoms with van der Waals surface area (Å²) in [6.45, 7) is 1.87. The minimum Gasteiger partial charge on any atom is -0.456 e. The number of hydrogen-bond donors (Lipinski definition) is 1. The van der Waals surface area contributed by atoms with Gasteiger partial charge in [-0.15, -0.1) is 0 Å². The maximum absolute atomic E-state index is 12.8. The van der Waals surface area contributed by atoms with Gasteiger partial charge in [0.2, 0.25) is 0 Å². The molecule has 0 fully saturated rings. The molecule has 0 saturated heterocycles. The van der Waals surface area contributed by atoms with Gasteiger partial charge in [-0.2, -0.15) is 0 Å². The average Bonchev–Trinajstić information content (AvgIpc) is 2.94. The largest absolute Gasteiger partial charge is 0.456 e. The highest BCUT2D eigenvalue weighted by Crippen LogP contribution is 2.58. The number of halogens is 1. The molecule has 0 amide bonds. The van der Waals surface area contributed by atoms with Gasteiger partial charge in [-0.05, 0) is 30.7 Å². The molecular formula is C21H14ClNO3. The molecule has 2 heterocycles. The zero-order valence-corrected chi connectivity index (χ0v) is 14.6. The van der Waals surface area contributed by atoms with E-state index >= 15 is 0 Å². The molecule has 2 N–H and O–H groups in total. The summed E-state index contributed by atoms with van der Waals surface area (Å²) in [6, 6.07) is 16.7. The maximum Gasteiger partial charge on any atom is 0.342 e. The second kappa shape index (κ2) is 5.02. The van der Waals surface area contributed by atoms with Gasteiger partial charge in [0.05, 0.1) is 10.6 Å². The lowest BCUT2D eigenvalue weighted by molar-refractivity contribution is 0.0225. The highest BCUT2D eigenvalue weighted by Gasteiger charge is 2.55. The number of benzene rings is 3. The average molecular weight is 364 g/mol. The molecule has 5 heteroatoms. The Balaban J connectivity index is 1.98. The molecule has 0 unspecified atom stereocenters. The van der Waals surface area contributed by atoms with Crippen molar-refractivity contribution in [3.8, 4) is 11.5 Å². The number of rotatable bonds is 0. The van der Waals surface area contributed by atoms with Crippen LogP contribution in [0.1, 0.15) is 32.6 Å². The molecule has 2 aliphatic heterocycles. The van der Waals surface area contributed by atoms with Crippen LogP contribution in [0.2, 0.25) is 5.02 Å². The van der Waals surface area contributed by atoms with Crippen LogP contribution >= 0.6 is 11.6 Å². The molecule has 0 aromatic heterocycles. The SMILES string of the molecule is Cc1cc(N)c2c(c1Cl)C1(OC2=O)c2ccccc2Oc2ccccc21. The summed E-state index contributed by atoms with van der Waals surface area (Å²) in [7, 11) is 0. The van der Waals surface area contributed by atoms with Gasteiger partial charge in [0.25, 0.3) is 0 Å². The Morgan fingerprint density at radius 2 is 1.58 bits per heavy atom. The minimum absolute atomic E-state index is 0.326. The molecule has 3 aromatic rings. The Kier molecular flexibility index (Phi) is 2.95. The number of nitrogen functional groups attached to an aromatic ring is 1. The van der Waals surface area contributed by atoms with Crippen molar-refractivity contribution >= 4 is 23.3 Å². The zero-order chi connectivity index (χ0) is 18.1. The summed E-state index contributed by atoms with van der Waals surface area (Å²) in [5, 5.41) is 0.478. The van der Waals surface area contributed by atoms with E-state index in [0.29, 0.717) is 33.3 Å². The van der Waals surface area contributed by atoms with E-state index in [1.165, 1.54) is 0 Å². The van der Waals surface area contributed by atoms with E-state index in [2.05, 4.69) is 0 Å². The smallest absolute Gasteiger partial charge is 0.342 e. The molecule has 4 nitrogen and oxygen atoms in total. The Bertz CT molecular complexity index is 1060. The fourth-order valence-corrected chi connectivity index (χ4v) is 4.23. The fraction of sp³-hybridized carbons (Fsp3) is 0.0952. The van der Waals surface area contributed by atoms with Gasteiger partial charge in [0.15, 0.2) is 5.60 Å². The Morgan fingerprint density at radius 3 is 2.19 bits per heavy atom. The molecule has 0 bridgehead atoms. The van der Waals surface area contributed by atoms with Gasteiger partial charge in [-0.3, -0.25) is 0 Å². The van der Waals surface area contributed by atoms with E-state index in [1.807, 2.05) is 55.5 Å². The number of hydrogen-bond acceptors (Lipinski definition) is 4. The quantitative estimate of drug-likeness (QED) is 0.460. The number of para-hydroxylation sites is 2. The van der Waals surface area contributed by atoms with Gasteiger partial charge < -0.3 is 15.2 Å². The van der Waals surface area contributed by atoms with Crippen LogP contribution < -0.4 is 10.5 Å². The Labute approximate surface area is 155 Å². The van der Waals surface area contributed by atoms with Crippen LogP contribution in [-0.4, -0.2) is 5.97 Å². The molecule has 5 rings (SSSR count). The lowest BCUT2D eigenvalue weighted by atomic mass is 9.77. The lowest BCUT2D eigenvalue weighted by Gasteiger charge is -2.36. The Morgan fingerprint density at radius 1 is 1.00 bits per heavy atom. The van der Waals surface area contributed by atoms with Crippen LogP contribution in [0.25, 0.3) is 0 Å². The molecule has 0 atom stereocenters. The van der Waals surface area contributed by atoms with Gasteiger partial charge in [0, 0.05) is 22.4 Å². The van der Waals surface area contributed by atoms with Crippen LogP contribution in [0, 0.1) is 6.92 Å². The van der Waals surface area contributed by atoms with Crippen molar-refractivity contribution in [3.63, 3.8) is 0 Å². The molecular weight excluding hydrogens is 350 g/mol. The lowest BCUT2D eigenvalue weighted by Crippen LogP contribution is -2.33. The van der Waals surface area contributed by atoms with Crippen LogP contribution in [0.15, 0.2) is 54.6 Å². The van der Waals surface area contributed by atoms with Crippen molar-refractivity contribution < 1.29 is 14.3 Å². The number of fused-ring (bicyclic) bond motifs is 6. The molecule has 128 valence electrons. The van der Waals surface area contributed by atoms with Crippen molar-refractivity contribution in [1.29, 1.82) is 0 Å². The molecule has 0 saturated carbocycles. The number of carbonyl (C=O) groups excluding carboxylic acids is 1. The van der Waals surface area contributed by atoms with Crippen LogP contribution in [-0.2, 0) is 10.3 Å². The van der Waals surface area contributed by atoms with E-state index in [-0.39, 0.29) is 0 Å². The normalized spacial score (nSPS) is 15.7. The number of esters is 1. The number of anilines is 1. The van der Waals surface area contributed by atoms with Crippen LogP contribution in [0.4, 0.5) is 5.69 Å². The van der Waals surface area contributed by atoms with Gasteiger partial charge in [-0.25, -0.2) is 4.79 Å². The molecule has 3 aromatic carbocycles. The van der Waals surface area contributed by atoms with Crippen LogP contribution in [0.3, 0.4) is 0 Å². The number of aryl methyl sites for hydroxylation is 1. The number of carbonyl (C=O) groups is 1. The molecule has 0 aliphatic carbocycles. The summed E-state index contributed by atoms with van der Waals surface area (Å²) in [5.74, 6) is 0.775. The third-order valence-electron chi connectivity index (χ3n) is 5.03. The highest BCUT2D eigenvalue weighted by atomic mass is 35.5. The van der Waals surface area contributed by atoms with Crippen molar-refractivity contribution in [1.82, 2.24) is 0 Å². The van der Waals surface area contributed by atoms with Crippen molar-refractivity contribution in [2.75, 3.05) is 5.73 Å². The van der Waals surface area contributed by atoms with Gasteiger partial charge in [0.1, 0.15) is 11.5 Å². The maximum atomic E-state index is 12.8. The summed E-state index contributed by atoms with van der Waals surface area (Å²) >= 11 is 6.70. The van der Waals surface area contributed by atoms with Crippen molar-refractivity contribution in [2.24, 2.45) is 0 Å². The first-order chi connectivity index (χ1) is 12.5. The van der Waals surface area contributed by atoms with E-state index in [1.54, 1.807) is 6.07 Å². The fourth-order valence-electron chi connectivity index (χ4n) is 3.95. The first-order valence-electron chi connectivity index (χ1n) is 8.23. The molecule has 26 heavy (non-hydrogen) atoms. The summed E-state index contributed by atoms with van der Waals surface area (Å²) in [6.07, 6.45) is 0. The first kappa shape index (κ1) is 15.3. The van der Waals surface area contributed by atoms with E-state index in [0.717, 1.165) is 16.7 Å². The number of ether oxygens (including phenoxy) is 2. The second-order valence-electron chi connectivity index (χ2n) is 6.51. The summed E-state index contributed by atoms with van der Waals surface area (Å²) in [5.41, 5.74) is 8.54. The van der Waals surface area contributed by atoms with Crippen molar-refractivity contribution in [3.05, 3.63) is 87.4 Å². The van der Waals surface area contributed by atoms with Gasteiger partial charge >= 0.3 is 5.97 Å². The van der Waals surface area contributed by atoms with Gasteiger partial charge in [-0.1, -0.05) is 48.0 Å². The first-order valence-corrected chi connectivity index (χ1v) is 8.61. The third kappa shape index (κ3) is 1.72. The van der Waals surface area contributed by atoms with E-state index in [4.69, 9.17) is 26.8 Å². The second-order valence-corrected chi connectivity index (χ2v) is 6.89. The zero-order valence-electron chi connectivity index (χ0n) is 13.9. The van der Waals surface area contributed by atoms with Crippen LogP contribution in [0.5, 0.6) is 11.5 Å². The van der Waals surface area contributed by atoms with Crippen molar-refractivity contribution in [2.45, 2.75) is 12.5 Å². The molecule has 1 spiro atoms. The predicted molar refractivity (Wildman–Crippen MR) is 98.9 cm³/mol.